The van der Waals surface area contributed by atoms with E-state index in [1.165, 1.54) is 19.3 Å². The van der Waals surface area contributed by atoms with Crippen molar-refractivity contribution in [3.63, 3.8) is 0 Å². The Bertz CT molecular complexity index is 406. The van der Waals surface area contributed by atoms with Crippen LogP contribution in [0.15, 0.2) is 6.07 Å². The Morgan fingerprint density at radius 2 is 2.16 bits per heavy atom. The SMILES string of the molecule is CCOCc1nc(N)cc(N(CC)CC2CCC2)n1. The Morgan fingerprint density at radius 1 is 1.37 bits per heavy atom. The Morgan fingerprint density at radius 3 is 2.74 bits per heavy atom. The van der Waals surface area contributed by atoms with Gasteiger partial charge in [0.15, 0.2) is 5.82 Å². The summed E-state index contributed by atoms with van der Waals surface area (Å²) >= 11 is 0. The minimum Gasteiger partial charge on any atom is -0.384 e. The van der Waals surface area contributed by atoms with Gasteiger partial charge in [0.2, 0.25) is 0 Å². The molecule has 19 heavy (non-hydrogen) atoms. The Labute approximate surface area is 115 Å². The zero-order chi connectivity index (χ0) is 13.7. The first-order valence-electron chi connectivity index (χ1n) is 7.19. The molecule has 2 N–H and O–H groups in total. The summed E-state index contributed by atoms with van der Waals surface area (Å²) in [5.41, 5.74) is 5.87. The van der Waals surface area contributed by atoms with Gasteiger partial charge in [0.05, 0.1) is 0 Å². The molecule has 0 aromatic carbocycles. The normalized spacial score (nSPS) is 15.3. The van der Waals surface area contributed by atoms with Crippen LogP contribution in [0.4, 0.5) is 11.6 Å². The highest BCUT2D eigenvalue weighted by Crippen LogP contribution is 2.28. The third-order valence-electron chi connectivity index (χ3n) is 3.62. The van der Waals surface area contributed by atoms with E-state index in [1.54, 1.807) is 0 Å². The summed E-state index contributed by atoms with van der Waals surface area (Å²) < 4.78 is 5.36. The summed E-state index contributed by atoms with van der Waals surface area (Å²) in [6.07, 6.45) is 4.04. The average molecular weight is 264 g/mol. The molecular weight excluding hydrogens is 240 g/mol. The van der Waals surface area contributed by atoms with Crippen LogP contribution in [0, 0.1) is 5.92 Å². The highest BCUT2D eigenvalue weighted by molar-refractivity contribution is 5.47. The predicted molar refractivity (Wildman–Crippen MR) is 77.0 cm³/mol. The van der Waals surface area contributed by atoms with E-state index in [9.17, 15) is 0 Å². The van der Waals surface area contributed by atoms with E-state index in [2.05, 4.69) is 21.8 Å². The number of rotatable bonds is 7. The lowest BCUT2D eigenvalue weighted by Crippen LogP contribution is -2.33. The van der Waals surface area contributed by atoms with Crippen LogP contribution in [0.5, 0.6) is 0 Å². The molecule has 0 bridgehead atoms. The molecule has 0 amide bonds. The molecule has 2 rings (SSSR count). The van der Waals surface area contributed by atoms with Crippen molar-refractivity contribution >= 4 is 11.6 Å². The van der Waals surface area contributed by atoms with E-state index in [-0.39, 0.29) is 0 Å². The molecule has 0 aliphatic heterocycles. The molecule has 106 valence electrons. The van der Waals surface area contributed by atoms with Gasteiger partial charge >= 0.3 is 0 Å². The summed E-state index contributed by atoms with van der Waals surface area (Å²) in [6, 6.07) is 1.86. The summed E-state index contributed by atoms with van der Waals surface area (Å²) in [7, 11) is 0. The van der Waals surface area contributed by atoms with E-state index in [1.807, 2.05) is 13.0 Å². The number of nitrogens with two attached hydrogens (primary N) is 1. The van der Waals surface area contributed by atoms with Crippen molar-refractivity contribution in [3.05, 3.63) is 11.9 Å². The first-order valence-corrected chi connectivity index (χ1v) is 7.19. The highest BCUT2D eigenvalue weighted by Gasteiger charge is 2.21. The lowest BCUT2D eigenvalue weighted by atomic mass is 9.85. The first-order chi connectivity index (χ1) is 9.22. The van der Waals surface area contributed by atoms with Crippen LogP contribution in [0.3, 0.4) is 0 Å². The molecule has 1 aliphatic carbocycles. The molecule has 1 saturated carbocycles. The second-order valence-corrected chi connectivity index (χ2v) is 5.04. The molecule has 1 heterocycles. The summed E-state index contributed by atoms with van der Waals surface area (Å²) in [5, 5.41) is 0. The number of hydrogen-bond acceptors (Lipinski definition) is 5. The van der Waals surface area contributed by atoms with Gasteiger partial charge in [0, 0.05) is 25.8 Å². The van der Waals surface area contributed by atoms with Crippen molar-refractivity contribution in [3.8, 4) is 0 Å². The van der Waals surface area contributed by atoms with Gasteiger partial charge in [0.1, 0.15) is 18.2 Å². The number of ether oxygens (including phenoxy) is 1. The van der Waals surface area contributed by atoms with Gasteiger partial charge in [-0.3, -0.25) is 0 Å². The van der Waals surface area contributed by atoms with Gasteiger partial charge in [-0.1, -0.05) is 6.42 Å². The van der Waals surface area contributed by atoms with E-state index in [0.29, 0.717) is 24.9 Å². The molecule has 1 aliphatic rings. The maximum absolute atomic E-state index is 5.87. The van der Waals surface area contributed by atoms with Crippen LogP contribution in [-0.4, -0.2) is 29.7 Å². The molecule has 1 aromatic rings. The van der Waals surface area contributed by atoms with Gasteiger partial charge in [-0.05, 0) is 32.6 Å². The van der Waals surface area contributed by atoms with E-state index in [0.717, 1.165) is 24.8 Å². The molecule has 5 heteroatoms. The molecule has 5 nitrogen and oxygen atoms in total. The van der Waals surface area contributed by atoms with Gasteiger partial charge in [0.25, 0.3) is 0 Å². The van der Waals surface area contributed by atoms with Crippen LogP contribution < -0.4 is 10.6 Å². The van der Waals surface area contributed by atoms with Crippen molar-refractivity contribution in [1.29, 1.82) is 0 Å². The number of anilines is 2. The molecule has 0 saturated heterocycles. The fourth-order valence-corrected chi connectivity index (χ4v) is 2.29. The van der Waals surface area contributed by atoms with Crippen molar-refractivity contribution in [2.45, 2.75) is 39.7 Å². The largest absolute Gasteiger partial charge is 0.384 e. The zero-order valence-corrected chi connectivity index (χ0v) is 11.9. The average Bonchev–Trinajstić information content (AvgIpc) is 2.34. The number of hydrogen-bond donors (Lipinski definition) is 1. The van der Waals surface area contributed by atoms with E-state index >= 15 is 0 Å². The number of nitrogen functional groups attached to an aromatic ring is 1. The third-order valence-corrected chi connectivity index (χ3v) is 3.62. The van der Waals surface area contributed by atoms with E-state index in [4.69, 9.17) is 10.5 Å². The van der Waals surface area contributed by atoms with Gasteiger partial charge in [-0.2, -0.15) is 0 Å². The molecule has 0 unspecified atom stereocenters. The minimum atomic E-state index is 0.426. The molecule has 1 aromatic heterocycles. The van der Waals surface area contributed by atoms with Crippen LogP contribution in [0.1, 0.15) is 38.9 Å². The number of nitrogens with zero attached hydrogens (tertiary/aromatic N) is 3. The topological polar surface area (TPSA) is 64.3 Å². The molecular formula is C14H24N4O. The van der Waals surface area contributed by atoms with Crippen LogP contribution in [0.2, 0.25) is 0 Å². The standard InChI is InChI=1S/C14H24N4O/c1-3-18(9-11-6-5-7-11)14-8-12(15)16-13(17-14)10-19-4-2/h8,11H,3-7,9-10H2,1-2H3,(H2,15,16,17). The van der Waals surface area contributed by atoms with E-state index < -0.39 is 0 Å². The maximum atomic E-state index is 5.87. The lowest BCUT2D eigenvalue weighted by Gasteiger charge is -2.32. The Balaban J connectivity index is 2.08. The lowest BCUT2D eigenvalue weighted by molar-refractivity contribution is 0.128. The van der Waals surface area contributed by atoms with Crippen molar-refractivity contribution in [1.82, 2.24) is 9.97 Å². The fraction of sp³-hybridized carbons (Fsp3) is 0.714. The quantitative estimate of drug-likeness (QED) is 0.818. The van der Waals surface area contributed by atoms with Gasteiger partial charge in [-0.25, -0.2) is 9.97 Å². The van der Waals surface area contributed by atoms with Crippen molar-refractivity contribution < 1.29 is 4.74 Å². The predicted octanol–water partition coefficient (Wildman–Crippen LogP) is 2.22. The third kappa shape index (κ3) is 3.80. The summed E-state index contributed by atoms with van der Waals surface area (Å²) in [5.74, 6) is 2.93. The second kappa shape index (κ2) is 6.70. The fourth-order valence-electron chi connectivity index (χ4n) is 2.29. The maximum Gasteiger partial charge on any atom is 0.158 e. The first kappa shape index (κ1) is 14.1. The van der Waals surface area contributed by atoms with Gasteiger partial charge in [-0.15, -0.1) is 0 Å². The molecule has 0 spiro atoms. The van der Waals surface area contributed by atoms with Crippen LogP contribution >= 0.6 is 0 Å². The zero-order valence-electron chi connectivity index (χ0n) is 11.9. The Kier molecular flexibility index (Phi) is 4.96. The molecule has 0 radical (unpaired) electrons. The second-order valence-electron chi connectivity index (χ2n) is 5.04. The van der Waals surface area contributed by atoms with Crippen molar-refractivity contribution in [2.75, 3.05) is 30.3 Å². The highest BCUT2D eigenvalue weighted by atomic mass is 16.5. The van der Waals surface area contributed by atoms with Gasteiger partial charge < -0.3 is 15.4 Å². The van der Waals surface area contributed by atoms with Crippen LogP contribution in [-0.2, 0) is 11.3 Å². The van der Waals surface area contributed by atoms with Crippen molar-refractivity contribution in [2.24, 2.45) is 5.92 Å². The Hall–Kier alpha value is -1.36. The summed E-state index contributed by atoms with van der Waals surface area (Å²) in [6.45, 7) is 7.21. The molecule has 1 fully saturated rings. The van der Waals surface area contributed by atoms with Crippen LogP contribution in [0.25, 0.3) is 0 Å². The minimum absolute atomic E-state index is 0.426. The summed E-state index contributed by atoms with van der Waals surface area (Å²) in [4.78, 5) is 11.1. The smallest absolute Gasteiger partial charge is 0.158 e. The molecule has 0 atom stereocenters. The number of aromatic nitrogens is 2. The monoisotopic (exact) mass is 264 g/mol.